The summed E-state index contributed by atoms with van der Waals surface area (Å²) >= 11 is 0. The molecule has 1 heterocycles. The van der Waals surface area contributed by atoms with Crippen molar-refractivity contribution in [3.05, 3.63) is 41.7 Å². The molecule has 2 amide bonds. The molecule has 1 fully saturated rings. The van der Waals surface area contributed by atoms with Gasteiger partial charge in [0.15, 0.2) is 0 Å². The number of nitrogens with zero attached hydrogens (tertiary/aromatic N) is 2. The number of nitrogens with one attached hydrogen (secondary N) is 2. The summed E-state index contributed by atoms with van der Waals surface area (Å²) in [5, 5.41) is 10.6. The van der Waals surface area contributed by atoms with Crippen LogP contribution in [0, 0.1) is 13.8 Å². The molecule has 122 valence electrons. The van der Waals surface area contributed by atoms with Gasteiger partial charge in [-0.2, -0.15) is 5.10 Å². The van der Waals surface area contributed by atoms with Crippen LogP contribution in [0.15, 0.2) is 30.3 Å². The third kappa shape index (κ3) is 3.73. The summed E-state index contributed by atoms with van der Waals surface area (Å²) in [5.41, 5.74) is 3.66. The molecule has 3 rings (SSSR count). The second kappa shape index (κ2) is 6.86. The molecule has 0 unspecified atom stereocenters. The van der Waals surface area contributed by atoms with E-state index in [1.54, 1.807) is 0 Å². The molecule has 1 aliphatic carbocycles. The number of benzene rings is 1. The predicted octanol–water partition coefficient (Wildman–Crippen LogP) is 3.94. The van der Waals surface area contributed by atoms with E-state index in [1.807, 2.05) is 48.9 Å². The SMILES string of the molecule is Cc1cc(C)n(-c2ccccc2NC(=O)NC2CCCCC2)n1. The largest absolute Gasteiger partial charge is 0.335 e. The Bertz CT molecular complexity index is 686. The minimum Gasteiger partial charge on any atom is -0.335 e. The van der Waals surface area contributed by atoms with Crippen molar-refractivity contribution in [1.82, 2.24) is 15.1 Å². The first kappa shape index (κ1) is 15.6. The molecule has 0 bridgehead atoms. The van der Waals surface area contributed by atoms with Gasteiger partial charge in [-0.05, 0) is 44.9 Å². The minimum absolute atomic E-state index is 0.133. The third-order valence-electron chi connectivity index (χ3n) is 4.33. The van der Waals surface area contributed by atoms with Crippen molar-refractivity contribution >= 4 is 11.7 Å². The molecule has 0 aliphatic heterocycles. The summed E-state index contributed by atoms with van der Waals surface area (Å²) in [4.78, 5) is 12.3. The Hall–Kier alpha value is -2.30. The van der Waals surface area contributed by atoms with Gasteiger partial charge in [-0.1, -0.05) is 31.4 Å². The Morgan fingerprint density at radius 2 is 1.91 bits per heavy atom. The average molecular weight is 312 g/mol. The second-order valence-corrected chi connectivity index (χ2v) is 6.29. The van der Waals surface area contributed by atoms with Crippen molar-refractivity contribution in [3.8, 4) is 5.69 Å². The molecule has 2 aromatic rings. The van der Waals surface area contributed by atoms with Gasteiger partial charge in [0.1, 0.15) is 0 Å². The van der Waals surface area contributed by atoms with Crippen LogP contribution >= 0.6 is 0 Å². The summed E-state index contributed by atoms with van der Waals surface area (Å²) in [5.74, 6) is 0. The highest BCUT2D eigenvalue weighted by Gasteiger charge is 2.17. The standard InChI is InChI=1S/C18H24N4O/c1-13-12-14(2)22(21-13)17-11-7-6-10-16(17)20-18(23)19-15-8-4-3-5-9-15/h6-7,10-12,15H,3-5,8-9H2,1-2H3,(H2,19,20,23). The number of hydrogen-bond acceptors (Lipinski definition) is 2. The maximum Gasteiger partial charge on any atom is 0.319 e. The van der Waals surface area contributed by atoms with Crippen molar-refractivity contribution in [1.29, 1.82) is 0 Å². The van der Waals surface area contributed by atoms with E-state index in [1.165, 1.54) is 19.3 Å². The summed E-state index contributed by atoms with van der Waals surface area (Å²) in [6.45, 7) is 3.98. The van der Waals surface area contributed by atoms with E-state index in [9.17, 15) is 4.79 Å². The predicted molar refractivity (Wildman–Crippen MR) is 92.1 cm³/mol. The van der Waals surface area contributed by atoms with E-state index in [2.05, 4.69) is 15.7 Å². The van der Waals surface area contributed by atoms with E-state index in [0.717, 1.165) is 35.6 Å². The lowest BCUT2D eigenvalue weighted by molar-refractivity contribution is 0.244. The molecule has 5 heteroatoms. The monoisotopic (exact) mass is 312 g/mol. The van der Waals surface area contributed by atoms with Crippen molar-refractivity contribution in [2.45, 2.75) is 52.0 Å². The van der Waals surface area contributed by atoms with Gasteiger partial charge in [0.25, 0.3) is 0 Å². The number of aromatic nitrogens is 2. The highest BCUT2D eigenvalue weighted by Crippen LogP contribution is 2.22. The fourth-order valence-corrected chi connectivity index (χ4v) is 3.23. The Kier molecular flexibility index (Phi) is 4.65. The number of rotatable bonds is 3. The van der Waals surface area contributed by atoms with E-state index < -0.39 is 0 Å². The van der Waals surface area contributed by atoms with Crippen LogP contribution in [0.4, 0.5) is 10.5 Å². The van der Waals surface area contributed by atoms with Gasteiger partial charge in [0.2, 0.25) is 0 Å². The van der Waals surface area contributed by atoms with Gasteiger partial charge in [-0.25, -0.2) is 9.48 Å². The molecule has 0 radical (unpaired) electrons. The van der Waals surface area contributed by atoms with E-state index in [-0.39, 0.29) is 6.03 Å². The van der Waals surface area contributed by atoms with Crippen molar-refractivity contribution < 1.29 is 4.79 Å². The summed E-state index contributed by atoms with van der Waals surface area (Å²) in [6.07, 6.45) is 5.83. The fourth-order valence-electron chi connectivity index (χ4n) is 3.23. The molecule has 1 aliphatic rings. The van der Waals surface area contributed by atoms with Gasteiger partial charge in [0, 0.05) is 11.7 Å². The number of aryl methyl sites for hydroxylation is 2. The van der Waals surface area contributed by atoms with Crippen LogP contribution < -0.4 is 10.6 Å². The molecule has 0 atom stereocenters. The minimum atomic E-state index is -0.133. The molecule has 1 aromatic carbocycles. The quantitative estimate of drug-likeness (QED) is 0.901. The molecule has 2 N–H and O–H groups in total. The number of hydrogen-bond donors (Lipinski definition) is 2. The number of amides is 2. The van der Waals surface area contributed by atoms with Crippen LogP contribution in [-0.4, -0.2) is 21.9 Å². The molecule has 0 spiro atoms. The molecular weight excluding hydrogens is 288 g/mol. The van der Waals surface area contributed by atoms with E-state index in [4.69, 9.17) is 0 Å². The zero-order valence-corrected chi connectivity index (χ0v) is 13.8. The lowest BCUT2D eigenvalue weighted by atomic mass is 9.96. The average Bonchev–Trinajstić information content (AvgIpc) is 2.87. The number of para-hydroxylation sites is 2. The smallest absolute Gasteiger partial charge is 0.319 e. The summed E-state index contributed by atoms with van der Waals surface area (Å²) in [7, 11) is 0. The van der Waals surface area contributed by atoms with Crippen molar-refractivity contribution in [2.24, 2.45) is 0 Å². The summed E-state index contributed by atoms with van der Waals surface area (Å²) in [6, 6.07) is 9.94. The Morgan fingerprint density at radius 3 is 2.61 bits per heavy atom. The lowest BCUT2D eigenvalue weighted by Crippen LogP contribution is -2.39. The molecule has 1 saturated carbocycles. The lowest BCUT2D eigenvalue weighted by Gasteiger charge is -2.23. The number of anilines is 1. The molecule has 5 nitrogen and oxygen atoms in total. The molecule has 23 heavy (non-hydrogen) atoms. The Morgan fingerprint density at radius 1 is 1.17 bits per heavy atom. The topological polar surface area (TPSA) is 59.0 Å². The number of urea groups is 1. The van der Waals surface area contributed by atoms with Gasteiger partial charge >= 0.3 is 6.03 Å². The zero-order chi connectivity index (χ0) is 16.2. The zero-order valence-electron chi connectivity index (χ0n) is 13.8. The van der Waals surface area contributed by atoms with Crippen LogP contribution in [0.1, 0.15) is 43.5 Å². The van der Waals surface area contributed by atoms with Gasteiger partial charge < -0.3 is 10.6 Å². The maximum atomic E-state index is 12.3. The van der Waals surface area contributed by atoms with Crippen LogP contribution in [0.25, 0.3) is 5.69 Å². The van der Waals surface area contributed by atoms with E-state index in [0.29, 0.717) is 6.04 Å². The molecule has 1 aromatic heterocycles. The van der Waals surface area contributed by atoms with Gasteiger partial charge in [-0.3, -0.25) is 0 Å². The highest BCUT2D eigenvalue weighted by atomic mass is 16.2. The Labute approximate surface area is 137 Å². The first-order valence-corrected chi connectivity index (χ1v) is 8.33. The first-order chi connectivity index (χ1) is 11.1. The molecule has 0 saturated heterocycles. The normalized spacial score (nSPS) is 15.4. The van der Waals surface area contributed by atoms with Crippen LogP contribution in [0.2, 0.25) is 0 Å². The number of carbonyl (C=O) groups is 1. The van der Waals surface area contributed by atoms with Crippen molar-refractivity contribution in [2.75, 3.05) is 5.32 Å². The fraction of sp³-hybridized carbons (Fsp3) is 0.444. The van der Waals surface area contributed by atoms with Crippen LogP contribution in [0.5, 0.6) is 0 Å². The van der Waals surface area contributed by atoms with Gasteiger partial charge in [-0.15, -0.1) is 0 Å². The second-order valence-electron chi connectivity index (χ2n) is 6.29. The van der Waals surface area contributed by atoms with E-state index >= 15 is 0 Å². The molecular formula is C18H24N4O. The van der Waals surface area contributed by atoms with Crippen LogP contribution in [-0.2, 0) is 0 Å². The summed E-state index contributed by atoms with van der Waals surface area (Å²) < 4.78 is 1.87. The third-order valence-corrected chi connectivity index (χ3v) is 4.33. The Balaban J connectivity index is 1.75. The number of carbonyl (C=O) groups excluding carboxylic acids is 1. The maximum absolute atomic E-state index is 12.3. The van der Waals surface area contributed by atoms with Crippen LogP contribution in [0.3, 0.4) is 0 Å². The van der Waals surface area contributed by atoms with Crippen molar-refractivity contribution in [3.63, 3.8) is 0 Å². The first-order valence-electron chi connectivity index (χ1n) is 8.33. The highest BCUT2D eigenvalue weighted by molar-refractivity contribution is 5.91. The van der Waals surface area contributed by atoms with Gasteiger partial charge in [0.05, 0.1) is 17.1 Å².